The van der Waals surface area contributed by atoms with Crippen molar-refractivity contribution in [2.24, 2.45) is 11.8 Å². The third kappa shape index (κ3) is 3.73. The van der Waals surface area contributed by atoms with Gasteiger partial charge in [0, 0.05) is 24.9 Å². The van der Waals surface area contributed by atoms with Gasteiger partial charge in [-0.25, -0.2) is 9.59 Å². The first-order chi connectivity index (χ1) is 16.4. The van der Waals surface area contributed by atoms with Crippen LogP contribution in [0.5, 0.6) is 0 Å². The molecule has 2 bridgehead atoms. The van der Waals surface area contributed by atoms with Gasteiger partial charge in [0.15, 0.2) is 0 Å². The molecule has 0 spiro atoms. The summed E-state index contributed by atoms with van der Waals surface area (Å²) in [6.45, 7) is 3.05. The highest BCUT2D eigenvalue weighted by Crippen LogP contribution is 2.51. The molecule has 178 valence electrons. The van der Waals surface area contributed by atoms with E-state index in [1.54, 1.807) is 4.90 Å². The monoisotopic (exact) mass is 462 g/mol. The van der Waals surface area contributed by atoms with Crippen molar-refractivity contribution in [1.82, 2.24) is 10.2 Å². The highest BCUT2D eigenvalue weighted by Gasteiger charge is 2.63. The maximum Gasteiger partial charge on any atom is 0.407 e. The van der Waals surface area contributed by atoms with E-state index in [2.05, 4.69) is 29.6 Å². The summed E-state index contributed by atoms with van der Waals surface area (Å²) in [4.78, 5) is 38.4. The lowest BCUT2D eigenvalue weighted by atomic mass is 9.73. The highest BCUT2D eigenvalue weighted by atomic mass is 16.5. The average Bonchev–Trinajstić information content (AvgIpc) is 3.48. The Hall–Kier alpha value is -3.35. The Morgan fingerprint density at radius 1 is 1.09 bits per heavy atom. The van der Waals surface area contributed by atoms with Gasteiger partial charge in [-0.1, -0.05) is 55.5 Å². The zero-order valence-corrected chi connectivity index (χ0v) is 19.3. The lowest BCUT2D eigenvalue weighted by molar-refractivity contribution is -0.159. The lowest BCUT2D eigenvalue weighted by Gasteiger charge is -2.38. The molecular formula is C27H30N2O5. The number of hydrogen-bond acceptors (Lipinski definition) is 4. The molecule has 2 aliphatic heterocycles. The fourth-order valence-corrected chi connectivity index (χ4v) is 5.91. The third-order valence-corrected chi connectivity index (χ3v) is 7.72. The smallest absolute Gasteiger partial charge is 0.407 e. The van der Waals surface area contributed by atoms with Crippen LogP contribution in [0.2, 0.25) is 0 Å². The van der Waals surface area contributed by atoms with Crippen LogP contribution >= 0.6 is 0 Å². The van der Waals surface area contributed by atoms with Crippen LogP contribution in [-0.2, 0) is 14.3 Å². The molecule has 7 nitrogen and oxygen atoms in total. The second kappa shape index (κ2) is 8.78. The number of aliphatic carboxylic acids is 1. The maximum atomic E-state index is 12.8. The van der Waals surface area contributed by atoms with Crippen LogP contribution in [0.4, 0.5) is 4.79 Å². The number of carbonyl (C=O) groups is 3. The van der Waals surface area contributed by atoms with E-state index in [-0.39, 0.29) is 24.3 Å². The lowest BCUT2D eigenvalue weighted by Crippen LogP contribution is -2.55. The van der Waals surface area contributed by atoms with E-state index in [1.165, 1.54) is 22.3 Å². The van der Waals surface area contributed by atoms with Crippen molar-refractivity contribution < 1.29 is 24.2 Å². The molecule has 2 N–H and O–H groups in total. The molecule has 0 aromatic heterocycles. The van der Waals surface area contributed by atoms with Gasteiger partial charge in [-0.2, -0.15) is 0 Å². The van der Waals surface area contributed by atoms with Crippen LogP contribution in [0.3, 0.4) is 0 Å². The van der Waals surface area contributed by atoms with Crippen molar-refractivity contribution in [3.8, 4) is 11.1 Å². The van der Waals surface area contributed by atoms with E-state index < -0.39 is 17.6 Å². The van der Waals surface area contributed by atoms with Crippen molar-refractivity contribution in [2.75, 3.05) is 19.7 Å². The van der Waals surface area contributed by atoms with Crippen LogP contribution in [0.1, 0.15) is 49.7 Å². The van der Waals surface area contributed by atoms with Crippen molar-refractivity contribution in [3.05, 3.63) is 59.7 Å². The van der Waals surface area contributed by atoms with Crippen LogP contribution in [0.15, 0.2) is 48.5 Å². The molecule has 2 aromatic carbocycles. The molecule has 6 rings (SSSR count). The fraction of sp³-hybridized carbons (Fsp3) is 0.444. The Labute approximate surface area is 199 Å². The zero-order chi connectivity index (χ0) is 23.9. The fourth-order valence-electron chi connectivity index (χ4n) is 5.91. The Kier molecular flexibility index (Phi) is 5.80. The molecule has 2 saturated heterocycles. The number of carbonyl (C=O) groups excluding carboxylic acids is 2. The van der Waals surface area contributed by atoms with Gasteiger partial charge >= 0.3 is 12.1 Å². The SMILES string of the molecule is CC(CCCNC(=O)OCC1c2ccccc2-c2ccccc21)C(=O)N1CC2CC1(C(=O)O)C2. The molecule has 1 saturated carbocycles. The van der Waals surface area contributed by atoms with Gasteiger partial charge in [-0.3, -0.25) is 4.79 Å². The number of nitrogens with one attached hydrogen (secondary N) is 1. The van der Waals surface area contributed by atoms with Crippen LogP contribution in [-0.4, -0.2) is 53.2 Å². The summed E-state index contributed by atoms with van der Waals surface area (Å²) in [7, 11) is 0. The number of nitrogens with zero attached hydrogens (tertiary/aromatic N) is 1. The minimum Gasteiger partial charge on any atom is -0.479 e. The first-order valence-corrected chi connectivity index (χ1v) is 12.0. The summed E-state index contributed by atoms with van der Waals surface area (Å²) in [6.07, 6.45) is 1.88. The second-order valence-electron chi connectivity index (χ2n) is 9.86. The number of rotatable bonds is 8. The molecule has 7 heteroatoms. The van der Waals surface area contributed by atoms with E-state index >= 15 is 0 Å². The first kappa shape index (κ1) is 22.4. The molecular weight excluding hydrogens is 432 g/mol. The zero-order valence-electron chi connectivity index (χ0n) is 19.3. The molecule has 4 aliphatic rings. The summed E-state index contributed by atoms with van der Waals surface area (Å²) in [6, 6.07) is 16.4. The van der Waals surface area contributed by atoms with Gasteiger partial charge in [-0.15, -0.1) is 0 Å². The Morgan fingerprint density at radius 3 is 2.32 bits per heavy atom. The number of carboxylic acids is 1. The number of hydrogen-bond donors (Lipinski definition) is 2. The average molecular weight is 463 g/mol. The summed E-state index contributed by atoms with van der Waals surface area (Å²) in [5.74, 6) is -0.923. The van der Waals surface area contributed by atoms with Gasteiger partial charge in [-0.05, 0) is 53.9 Å². The van der Waals surface area contributed by atoms with Crippen LogP contribution in [0.25, 0.3) is 11.1 Å². The summed E-state index contributed by atoms with van der Waals surface area (Å²) in [5.41, 5.74) is 3.73. The van der Waals surface area contributed by atoms with Crippen molar-refractivity contribution in [1.29, 1.82) is 0 Å². The van der Waals surface area contributed by atoms with Gasteiger partial charge in [0.25, 0.3) is 0 Å². The minimum absolute atomic E-state index is 0.0176. The number of carboxylic acid groups (broad SMARTS) is 1. The predicted octanol–water partition coefficient (Wildman–Crippen LogP) is 4.02. The number of alkyl carbamates (subject to hydrolysis) is 1. The van der Waals surface area contributed by atoms with E-state index in [1.807, 2.05) is 31.2 Å². The van der Waals surface area contributed by atoms with Gasteiger partial charge in [0.05, 0.1) is 0 Å². The molecule has 1 unspecified atom stereocenters. The summed E-state index contributed by atoms with van der Waals surface area (Å²) >= 11 is 0. The summed E-state index contributed by atoms with van der Waals surface area (Å²) in [5, 5.41) is 12.3. The van der Waals surface area contributed by atoms with E-state index in [9.17, 15) is 19.5 Å². The Balaban J connectivity index is 1.07. The van der Waals surface area contributed by atoms with Crippen molar-refractivity contribution in [3.63, 3.8) is 0 Å². The molecule has 3 fully saturated rings. The minimum atomic E-state index is -0.977. The number of benzene rings is 2. The Morgan fingerprint density at radius 2 is 1.71 bits per heavy atom. The largest absolute Gasteiger partial charge is 0.479 e. The molecule has 2 aromatic rings. The van der Waals surface area contributed by atoms with Crippen molar-refractivity contribution >= 4 is 18.0 Å². The third-order valence-electron chi connectivity index (χ3n) is 7.72. The second-order valence-corrected chi connectivity index (χ2v) is 9.86. The number of amides is 2. The van der Waals surface area contributed by atoms with Gasteiger partial charge in [0.1, 0.15) is 12.1 Å². The van der Waals surface area contributed by atoms with Gasteiger partial charge < -0.3 is 20.1 Å². The molecule has 2 heterocycles. The predicted molar refractivity (Wildman–Crippen MR) is 126 cm³/mol. The molecule has 0 radical (unpaired) electrons. The first-order valence-electron chi connectivity index (χ1n) is 12.0. The highest BCUT2D eigenvalue weighted by molar-refractivity contribution is 5.90. The van der Waals surface area contributed by atoms with E-state index in [0.29, 0.717) is 44.7 Å². The molecule has 2 aliphatic carbocycles. The number of fused-ring (bicyclic) bond motifs is 4. The summed E-state index contributed by atoms with van der Waals surface area (Å²) < 4.78 is 5.54. The normalized spacial score (nSPS) is 23.0. The van der Waals surface area contributed by atoms with Crippen molar-refractivity contribution in [2.45, 2.75) is 44.1 Å². The Bertz CT molecular complexity index is 1080. The maximum absolute atomic E-state index is 12.8. The van der Waals surface area contributed by atoms with E-state index in [4.69, 9.17) is 4.74 Å². The molecule has 34 heavy (non-hydrogen) atoms. The van der Waals surface area contributed by atoms with E-state index in [0.717, 1.165) is 0 Å². The quantitative estimate of drug-likeness (QED) is 0.578. The van der Waals surface area contributed by atoms with Crippen LogP contribution in [0, 0.1) is 11.8 Å². The van der Waals surface area contributed by atoms with Gasteiger partial charge in [0.2, 0.25) is 5.91 Å². The number of ether oxygens (including phenoxy) is 1. The topological polar surface area (TPSA) is 95.9 Å². The standard InChI is InChI=1S/C27H30N2O5/c1-17(24(30)29-15-18-13-27(29,14-18)25(31)32)7-6-12-28-26(33)34-16-23-21-10-4-2-8-19(21)20-9-3-5-11-22(20)23/h2-5,8-11,17-18,23H,6-7,12-16H2,1H3,(H,28,33)(H,31,32). The van der Waals surface area contributed by atoms with Crippen LogP contribution < -0.4 is 5.32 Å². The molecule has 1 atom stereocenters. The molecule has 2 amide bonds.